The summed E-state index contributed by atoms with van der Waals surface area (Å²) < 4.78 is 28.6. The molecule has 1 aliphatic carbocycles. The molecule has 0 amide bonds. The van der Waals surface area contributed by atoms with Gasteiger partial charge >= 0.3 is 0 Å². The molecule has 1 heterocycles. The molecular weight excluding hydrogens is 451 g/mol. The second-order valence-electron chi connectivity index (χ2n) is 7.83. The molecule has 0 spiro atoms. The normalized spacial score (nSPS) is 21.8. The van der Waals surface area contributed by atoms with Gasteiger partial charge in [-0.1, -0.05) is 59.6 Å². The molecule has 0 radical (unpaired) electrons. The number of hydrogen-bond donors (Lipinski definition) is 2. The van der Waals surface area contributed by atoms with Crippen LogP contribution in [0.25, 0.3) is 0 Å². The molecule has 0 saturated heterocycles. The Labute approximate surface area is 192 Å². The van der Waals surface area contributed by atoms with Crippen LogP contribution in [0.1, 0.15) is 29.5 Å². The number of benzene rings is 3. The minimum atomic E-state index is -3.70. The minimum Gasteiger partial charge on any atom is -0.378 e. The Morgan fingerprint density at radius 2 is 1.68 bits per heavy atom. The fourth-order valence-corrected chi connectivity index (χ4v) is 6.28. The first-order valence-electron chi connectivity index (χ1n) is 10.0. The molecule has 2 N–H and O–H groups in total. The summed E-state index contributed by atoms with van der Waals surface area (Å²) in [6.45, 7) is 0. The summed E-state index contributed by atoms with van der Waals surface area (Å²) in [6, 6.07) is 19.6. The first kappa shape index (κ1) is 20.4. The molecule has 0 unspecified atom stereocenters. The molecule has 4 nitrogen and oxygen atoms in total. The van der Waals surface area contributed by atoms with Gasteiger partial charge in [-0.15, -0.1) is 0 Å². The van der Waals surface area contributed by atoms with E-state index in [0.29, 0.717) is 15.7 Å². The summed E-state index contributed by atoms with van der Waals surface area (Å²) in [5.74, 6) is 0.283. The number of nitrogens with one attached hydrogen (secondary N) is 2. The van der Waals surface area contributed by atoms with Gasteiger partial charge in [-0.25, -0.2) is 8.42 Å². The summed E-state index contributed by atoms with van der Waals surface area (Å²) in [4.78, 5) is 0.241. The van der Waals surface area contributed by atoms with Gasteiger partial charge in [-0.2, -0.15) is 0 Å². The summed E-state index contributed by atoms with van der Waals surface area (Å²) in [6.07, 6.45) is 5.17. The zero-order valence-electron chi connectivity index (χ0n) is 16.4. The van der Waals surface area contributed by atoms with Crippen molar-refractivity contribution in [3.8, 4) is 0 Å². The maximum atomic E-state index is 13.0. The van der Waals surface area contributed by atoms with Crippen molar-refractivity contribution in [3.63, 3.8) is 0 Å². The highest BCUT2D eigenvalue weighted by atomic mass is 35.5. The number of allylic oxidation sites excluding steroid dienone is 2. The number of fused-ring (bicyclic) bond motifs is 3. The summed E-state index contributed by atoms with van der Waals surface area (Å²) in [7, 11) is -3.70. The summed E-state index contributed by atoms with van der Waals surface area (Å²) in [5, 5.41) is 4.83. The molecule has 5 rings (SSSR count). The van der Waals surface area contributed by atoms with E-state index in [9.17, 15) is 8.42 Å². The van der Waals surface area contributed by atoms with Gasteiger partial charge in [0.05, 0.1) is 10.9 Å². The van der Waals surface area contributed by atoms with Gasteiger partial charge < -0.3 is 5.32 Å². The van der Waals surface area contributed by atoms with Crippen molar-refractivity contribution >= 4 is 44.6 Å². The Balaban J connectivity index is 1.53. The van der Waals surface area contributed by atoms with E-state index in [1.165, 1.54) is 0 Å². The van der Waals surface area contributed by atoms with Crippen LogP contribution in [-0.4, -0.2) is 8.42 Å². The van der Waals surface area contributed by atoms with Crippen LogP contribution in [0.4, 0.5) is 11.4 Å². The zero-order chi connectivity index (χ0) is 21.6. The van der Waals surface area contributed by atoms with Crippen LogP contribution in [-0.2, 0) is 10.0 Å². The average molecular weight is 471 g/mol. The van der Waals surface area contributed by atoms with Crippen LogP contribution in [0.5, 0.6) is 0 Å². The molecule has 31 heavy (non-hydrogen) atoms. The Hall–Kier alpha value is -2.47. The fourth-order valence-electron chi connectivity index (χ4n) is 4.55. The average Bonchev–Trinajstić information content (AvgIpc) is 3.24. The summed E-state index contributed by atoms with van der Waals surface area (Å²) >= 11 is 13.0. The molecule has 0 aromatic heterocycles. The van der Waals surface area contributed by atoms with E-state index in [4.69, 9.17) is 23.2 Å². The van der Waals surface area contributed by atoms with Crippen molar-refractivity contribution in [2.75, 3.05) is 10.0 Å². The predicted octanol–water partition coefficient (Wildman–Crippen LogP) is 6.62. The number of hydrogen-bond acceptors (Lipinski definition) is 3. The third kappa shape index (κ3) is 3.71. The van der Waals surface area contributed by atoms with Gasteiger partial charge in [0, 0.05) is 32.9 Å². The van der Waals surface area contributed by atoms with E-state index in [0.717, 1.165) is 23.2 Å². The van der Waals surface area contributed by atoms with Crippen LogP contribution in [0.15, 0.2) is 83.8 Å². The number of para-hydroxylation sites is 1. The lowest BCUT2D eigenvalue weighted by Gasteiger charge is -2.38. The minimum absolute atomic E-state index is 0.0569. The lowest BCUT2D eigenvalue weighted by molar-refractivity contribution is 0.425. The zero-order valence-corrected chi connectivity index (χ0v) is 18.8. The molecule has 3 aromatic rings. The predicted molar refractivity (Wildman–Crippen MR) is 127 cm³/mol. The monoisotopic (exact) mass is 470 g/mol. The molecule has 3 atom stereocenters. The second kappa shape index (κ2) is 7.90. The topological polar surface area (TPSA) is 58.2 Å². The summed E-state index contributed by atoms with van der Waals surface area (Å²) in [5.41, 5.74) is 3.28. The maximum Gasteiger partial charge on any atom is 0.261 e. The highest BCUT2D eigenvalue weighted by Gasteiger charge is 2.40. The first-order chi connectivity index (χ1) is 14.9. The molecule has 7 heteroatoms. The maximum absolute atomic E-state index is 13.0. The van der Waals surface area contributed by atoms with Crippen LogP contribution >= 0.6 is 23.2 Å². The first-order valence-corrected chi connectivity index (χ1v) is 12.3. The highest BCUT2D eigenvalue weighted by molar-refractivity contribution is 7.92. The Morgan fingerprint density at radius 1 is 0.935 bits per heavy atom. The molecular formula is C24H20Cl2N2O2S. The quantitative estimate of drug-likeness (QED) is 0.421. The van der Waals surface area contributed by atoms with E-state index in [2.05, 4.69) is 22.2 Å². The smallest absolute Gasteiger partial charge is 0.261 e. The molecule has 1 aliphatic heterocycles. The van der Waals surface area contributed by atoms with Crippen molar-refractivity contribution in [2.24, 2.45) is 5.92 Å². The van der Waals surface area contributed by atoms with E-state index in [1.54, 1.807) is 36.4 Å². The van der Waals surface area contributed by atoms with Gasteiger partial charge in [0.2, 0.25) is 0 Å². The Bertz CT molecular complexity index is 1260. The van der Waals surface area contributed by atoms with Gasteiger partial charge in [-0.3, -0.25) is 4.72 Å². The standard InChI is InChI=1S/C24H20Cl2N2O2S/c25-20-10-5-11-21(26)23(20)24-18-9-4-8-17(18)19-14-16(12-13-22(19)27-24)31(29,30)28-15-6-2-1-3-7-15/h1-8,10-14,17-18,24,27-28H,9H2/t17-,18+,24-/m0/s1. The molecule has 0 saturated carbocycles. The van der Waals surface area contributed by atoms with Crippen LogP contribution < -0.4 is 10.0 Å². The van der Waals surface area contributed by atoms with Crippen molar-refractivity contribution in [3.05, 3.63) is 100 Å². The Morgan fingerprint density at radius 3 is 2.42 bits per heavy atom. The van der Waals surface area contributed by atoms with Crippen molar-refractivity contribution in [1.82, 2.24) is 0 Å². The van der Waals surface area contributed by atoms with Gasteiger partial charge in [0.1, 0.15) is 0 Å². The van der Waals surface area contributed by atoms with E-state index >= 15 is 0 Å². The molecule has 0 bridgehead atoms. The molecule has 2 aliphatic rings. The number of anilines is 2. The van der Waals surface area contributed by atoms with Crippen molar-refractivity contribution < 1.29 is 8.42 Å². The highest BCUT2D eigenvalue weighted by Crippen LogP contribution is 2.52. The number of rotatable bonds is 4. The number of sulfonamides is 1. The third-order valence-electron chi connectivity index (χ3n) is 5.98. The SMILES string of the molecule is O=S(=O)(Nc1ccccc1)c1ccc2c(c1)[C@H]1C=CC[C@H]1[C@@H](c1c(Cl)cccc1Cl)N2. The third-order valence-corrected chi connectivity index (χ3v) is 8.02. The second-order valence-corrected chi connectivity index (χ2v) is 10.3. The largest absolute Gasteiger partial charge is 0.378 e. The van der Waals surface area contributed by atoms with Gasteiger partial charge in [-0.05, 0) is 60.4 Å². The van der Waals surface area contributed by atoms with Gasteiger partial charge in [0.15, 0.2) is 0 Å². The van der Waals surface area contributed by atoms with E-state index in [-0.39, 0.29) is 22.8 Å². The number of halogens is 2. The van der Waals surface area contributed by atoms with Crippen molar-refractivity contribution in [1.29, 1.82) is 0 Å². The van der Waals surface area contributed by atoms with Crippen molar-refractivity contribution in [2.45, 2.75) is 23.3 Å². The van der Waals surface area contributed by atoms with Crippen LogP contribution in [0.2, 0.25) is 10.0 Å². The Kier molecular flexibility index (Phi) is 5.21. The van der Waals surface area contributed by atoms with Crippen LogP contribution in [0.3, 0.4) is 0 Å². The van der Waals surface area contributed by atoms with Crippen LogP contribution in [0, 0.1) is 5.92 Å². The van der Waals surface area contributed by atoms with E-state index in [1.807, 2.05) is 30.3 Å². The lowest BCUT2D eigenvalue weighted by atomic mass is 9.77. The lowest BCUT2D eigenvalue weighted by Crippen LogP contribution is -2.29. The van der Waals surface area contributed by atoms with Gasteiger partial charge in [0.25, 0.3) is 10.0 Å². The molecule has 0 fully saturated rings. The molecule has 3 aromatic carbocycles. The molecule has 158 valence electrons. The fraction of sp³-hybridized carbons (Fsp3) is 0.167. The van der Waals surface area contributed by atoms with E-state index < -0.39 is 10.0 Å².